The fourth-order valence-electron chi connectivity index (χ4n) is 1.60. The first-order valence-corrected chi connectivity index (χ1v) is 6.87. The van der Waals surface area contributed by atoms with Gasteiger partial charge in [0.05, 0.1) is 11.6 Å². The summed E-state index contributed by atoms with van der Waals surface area (Å²) in [5.74, 6) is 0.579. The number of benzene rings is 2. The van der Waals surface area contributed by atoms with E-state index >= 15 is 0 Å². The van der Waals surface area contributed by atoms with E-state index in [0.29, 0.717) is 21.9 Å². The monoisotopic (exact) mass is 349 g/mol. The summed E-state index contributed by atoms with van der Waals surface area (Å²) in [6, 6.07) is 12.2. The molecule has 0 bridgehead atoms. The molecule has 2 aromatic carbocycles. The van der Waals surface area contributed by atoms with Gasteiger partial charge in [-0.2, -0.15) is 5.26 Å². The molecule has 0 saturated heterocycles. The number of nitrogens with zero attached hydrogens (tertiary/aromatic N) is 1. The van der Waals surface area contributed by atoms with Gasteiger partial charge in [0.1, 0.15) is 12.4 Å². The summed E-state index contributed by atoms with van der Waals surface area (Å²) in [6.07, 6.45) is 0.756. The first-order valence-electron chi connectivity index (χ1n) is 5.70. The lowest BCUT2D eigenvalue weighted by Crippen LogP contribution is -1.97. The molecule has 0 N–H and O–H groups in total. The van der Waals surface area contributed by atoms with Gasteiger partial charge in [0.25, 0.3) is 0 Å². The van der Waals surface area contributed by atoms with E-state index in [1.165, 1.54) is 0 Å². The highest BCUT2D eigenvalue weighted by Gasteiger charge is 2.05. The molecular formula is C15H9BrClNO2. The van der Waals surface area contributed by atoms with Crippen molar-refractivity contribution in [2.75, 3.05) is 0 Å². The van der Waals surface area contributed by atoms with Crippen LogP contribution in [0.4, 0.5) is 0 Å². The highest BCUT2D eigenvalue weighted by Crippen LogP contribution is 2.23. The van der Waals surface area contributed by atoms with Crippen molar-refractivity contribution in [3.63, 3.8) is 0 Å². The maximum absolute atomic E-state index is 10.8. The van der Waals surface area contributed by atoms with Gasteiger partial charge < -0.3 is 4.74 Å². The highest BCUT2D eigenvalue weighted by molar-refractivity contribution is 9.10. The summed E-state index contributed by atoms with van der Waals surface area (Å²) in [5, 5.41) is 9.25. The number of rotatable bonds is 4. The molecule has 0 aliphatic heterocycles. The second-order valence-electron chi connectivity index (χ2n) is 4.01. The molecule has 0 unspecified atom stereocenters. The Hall–Kier alpha value is -1.83. The number of nitriles is 1. The quantitative estimate of drug-likeness (QED) is 0.770. The van der Waals surface area contributed by atoms with E-state index in [-0.39, 0.29) is 6.61 Å². The molecule has 2 aromatic rings. The van der Waals surface area contributed by atoms with Crippen molar-refractivity contribution in [3.05, 3.63) is 62.6 Å². The van der Waals surface area contributed by atoms with Crippen LogP contribution in [0.2, 0.25) is 5.02 Å². The Balaban J connectivity index is 2.13. The third-order valence-corrected chi connectivity index (χ3v) is 3.74. The molecule has 0 fully saturated rings. The fourth-order valence-corrected chi connectivity index (χ4v) is 2.17. The Morgan fingerprint density at radius 3 is 2.75 bits per heavy atom. The van der Waals surface area contributed by atoms with Gasteiger partial charge in [0.15, 0.2) is 6.29 Å². The molecule has 0 saturated carbocycles. The van der Waals surface area contributed by atoms with E-state index < -0.39 is 0 Å². The first kappa shape index (κ1) is 14.6. The molecule has 20 heavy (non-hydrogen) atoms. The molecule has 0 spiro atoms. The maximum atomic E-state index is 10.8. The zero-order valence-corrected chi connectivity index (χ0v) is 12.6. The van der Waals surface area contributed by atoms with Gasteiger partial charge >= 0.3 is 0 Å². The third kappa shape index (κ3) is 3.38. The number of ether oxygens (including phenoxy) is 1. The van der Waals surface area contributed by atoms with Crippen LogP contribution in [0, 0.1) is 11.3 Å². The van der Waals surface area contributed by atoms with Gasteiger partial charge in [0, 0.05) is 20.6 Å². The smallest absolute Gasteiger partial charge is 0.151 e. The molecule has 3 nitrogen and oxygen atoms in total. The average molecular weight is 351 g/mol. The molecule has 0 aromatic heterocycles. The minimum absolute atomic E-state index is 0.268. The van der Waals surface area contributed by atoms with Gasteiger partial charge in [-0.05, 0) is 30.3 Å². The van der Waals surface area contributed by atoms with E-state index in [2.05, 4.69) is 15.9 Å². The van der Waals surface area contributed by atoms with Crippen LogP contribution in [0.15, 0.2) is 40.9 Å². The van der Waals surface area contributed by atoms with Gasteiger partial charge in [-0.25, -0.2) is 0 Å². The summed E-state index contributed by atoms with van der Waals surface area (Å²) in [5.41, 5.74) is 1.81. The summed E-state index contributed by atoms with van der Waals surface area (Å²) in [4.78, 5) is 10.8. The number of hydrogen-bond acceptors (Lipinski definition) is 3. The second-order valence-corrected chi connectivity index (χ2v) is 5.27. The normalized spacial score (nSPS) is 9.85. The maximum Gasteiger partial charge on any atom is 0.151 e. The predicted molar refractivity (Wildman–Crippen MR) is 80.0 cm³/mol. The molecule has 5 heteroatoms. The summed E-state index contributed by atoms with van der Waals surface area (Å²) < 4.78 is 6.32. The molecule has 0 amide bonds. The molecule has 0 aliphatic carbocycles. The standard InChI is InChI=1S/C15H9BrClNO2/c16-14-4-3-13(6-12(14)8-19)20-9-11-2-1-10(7-18)5-15(11)17/h1-6,8H,9H2. The van der Waals surface area contributed by atoms with Crippen LogP contribution in [0.1, 0.15) is 21.5 Å². The SMILES string of the molecule is N#Cc1ccc(COc2ccc(Br)c(C=O)c2)c(Cl)c1. The van der Waals surface area contributed by atoms with Crippen molar-refractivity contribution >= 4 is 33.8 Å². The summed E-state index contributed by atoms with van der Waals surface area (Å²) in [7, 11) is 0. The molecule has 0 radical (unpaired) electrons. The Labute approximate surface area is 129 Å². The van der Waals surface area contributed by atoms with Crippen LogP contribution in [-0.2, 0) is 6.61 Å². The molecule has 0 aliphatic rings. The molecule has 2 rings (SSSR count). The van der Waals surface area contributed by atoms with Crippen molar-refractivity contribution in [2.45, 2.75) is 6.61 Å². The minimum atomic E-state index is 0.268. The third-order valence-electron chi connectivity index (χ3n) is 2.67. The van der Waals surface area contributed by atoms with E-state index in [9.17, 15) is 4.79 Å². The molecule has 0 heterocycles. The van der Waals surface area contributed by atoms with Crippen LogP contribution in [0.3, 0.4) is 0 Å². The Morgan fingerprint density at radius 2 is 2.10 bits per heavy atom. The lowest BCUT2D eigenvalue weighted by molar-refractivity contribution is 0.112. The lowest BCUT2D eigenvalue weighted by atomic mass is 10.1. The largest absolute Gasteiger partial charge is 0.489 e. The molecule has 0 atom stereocenters. The van der Waals surface area contributed by atoms with Crippen molar-refractivity contribution in [1.29, 1.82) is 5.26 Å². The Morgan fingerprint density at radius 1 is 1.30 bits per heavy atom. The van der Waals surface area contributed by atoms with Gasteiger partial charge in [-0.3, -0.25) is 4.79 Å². The zero-order chi connectivity index (χ0) is 14.5. The minimum Gasteiger partial charge on any atom is -0.489 e. The topological polar surface area (TPSA) is 50.1 Å². The van der Waals surface area contributed by atoms with Crippen LogP contribution in [0.25, 0.3) is 0 Å². The molecule has 100 valence electrons. The van der Waals surface area contributed by atoms with E-state index in [1.807, 2.05) is 6.07 Å². The second kappa shape index (κ2) is 6.56. The van der Waals surface area contributed by atoms with E-state index in [1.54, 1.807) is 36.4 Å². The van der Waals surface area contributed by atoms with Crippen LogP contribution >= 0.6 is 27.5 Å². The fraction of sp³-hybridized carbons (Fsp3) is 0.0667. The van der Waals surface area contributed by atoms with E-state index in [0.717, 1.165) is 16.3 Å². The average Bonchev–Trinajstić information content (AvgIpc) is 2.47. The van der Waals surface area contributed by atoms with Crippen molar-refractivity contribution in [2.24, 2.45) is 0 Å². The molecular weight excluding hydrogens is 342 g/mol. The Kier molecular flexibility index (Phi) is 4.78. The Bertz CT molecular complexity index is 695. The van der Waals surface area contributed by atoms with Crippen LogP contribution < -0.4 is 4.74 Å². The predicted octanol–water partition coefficient (Wildman–Crippen LogP) is 4.37. The van der Waals surface area contributed by atoms with Gasteiger partial charge in [-0.1, -0.05) is 33.6 Å². The first-order chi connectivity index (χ1) is 9.63. The van der Waals surface area contributed by atoms with Crippen LogP contribution in [-0.4, -0.2) is 6.29 Å². The summed E-state index contributed by atoms with van der Waals surface area (Å²) in [6.45, 7) is 0.268. The zero-order valence-electron chi connectivity index (χ0n) is 10.3. The highest BCUT2D eigenvalue weighted by atomic mass is 79.9. The van der Waals surface area contributed by atoms with Crippen molar-refractivity contribution < 1.29 is 9.53 Å². The summed E-state index contributed by atoms with van der Waals surface area (Å²) >= 11 is 9.34. The number of halogens is 2. The number of hydrogen-bond donors (Lipinski definition) is 0. The van der Waals surface area contributed by atoms with Gasteiger partial charge in [0.2, 0.25) is 0 Å². The van der Waals surface area contributed by atoms with Crippen LogP contribution in [0.5, 0.6) is 5.75 Å². The van der Waals surface area contributed by atoms with Gasteiger partial charge in [-0.15, -0.1) is 0 Å². The number of aldehydes is 1. The van der Waals surface area contributed by atoms with Crippen molar-refractivity contribution in [3.8, 4) is 11.8 Å². The number of carbonyl (C=O) groups excluding carboxylic acids is 1. The van der Waals surface area contributed by atoms with E-state index in [4.69, 9.17) is 21.6 Å². The number of carbonyl (C=O) groups is 1. The lowest BCUT2D eigenvalue weighted by Gasteiger charge is -2.09. The van der Waals surface area contributed by atoms with Crippen molar-refractivity contribution in [1.82, 2.24) is 0 Å².